The second kappa shape index (κ2) is 3.48. The number of carbonyl (C=O) groups is 1. The van der Waals surface area contributed by atoms with Crippen molar-refractivity contribution in [2.45, 2.75) is 17.1 Å². The van der Waals surface area contributed by atoms with Crippen LogP contribution in [-0.4, -0.2) is 31.3 Å². The molecule has 0 aromatic heterocycles. The molecule has 0 aliphatic carbocycles. The van der Waals surface area contributed by atoms with Crippen molar-refractivity contribution in [3.05, 3.63) is 23.8 Å². The minimum absolute atomic E-state index is 0.0751. The Kier molecular flexibility index (Phi) is 2.38. The number of hydrogen-bond donors (Lipinski definition) is 2. The van der Waals surface area contributed by atoms with E-state index in [0.29, 0.717) is 5.69 Å². The van der Waals surface area contributed by atoms with E-state index in [1.165, 1.54) is 6.07 Å². The standard InChI is InChI=1S/C10H11NO4S/c1-6-2-3-7-8(4-6)16(14,15)9(5-11-7)10(12)13/h2-4,9,11H,5H2,1H3,(H,12,13). The van der Waals surface area contributed by atoms with Crippen molar-refractivity contribution >= 4 is 21.5 Å². The summed E-state index contributed by atoms with van der Waals surface area (Å²) in [6, 6.07) is 4.93. The van der Waals surface area contributed by atoms with Crippen LogP contribution in [0.2, 0.25) is 0 Å². The Labute approximate surface area is 93.0 Å². The van der Waals surface area contributed by atoms with Crippen molar-refractivity contribution in [3.8, 4) is 0 Å². The Morgan fingerprint density at radius 1 is 1.50 bits per heavy atom. The van der Waals surface area contributed by atoms with Crippen LogP contribution in [0.5, 0.6) is 0 Å². The molecule has 1 aliphatic heterocycles. The molecule has 16 heavy (non-hydrogen) atoms. The van der Waals surface area contributed by atoms with Crippen LogP contribution in [0.4, 0.5) is 5.69 Å². The third kappa shape index (κ3) is 1.55. The van der Waals surface area contributed by atoms with Gasteiger partial charge in [-0.3, -0.25) is 4.79 Å². The molecular formula is C10H11NO4S. The van der Waals surface area contributed by atoms with Gasteiger partial charge < -0.3 is 10.4 Å². The van der Waals surface area contributed by atoms with Gasteiger partial charge in [-0.15, -0.1) is 0 Å². The molecule has 0 amide bonds. The molecule has 0 radical (unpaired) electrons. The summed E-state index contributed by atoms with van der Waals surface area (Å²) in [7, 11) is -3.77. The van der Waals surface area contributed by atoms with E-state index in [2.05, 4.69) is 5.32 Å². The molecule has 1 aromatic carbocycles. The second-order valence-corrected chi connectivity index (χ2v) is 5.85. The van der Waals surface area contributed by atoms with Crippen molar-refractivity contribution in [2.75, 3.05) is 11.9 Å². The van der Waals surface area contributed by atoms with Gasteiger partial charge >= 0.3 is 5.97 Å². The van der Waals surface area contributed by atoms with Crippen molar-refractivity contribution in [1.29, 1.82) is 0 Å². The molecule has 1 heterocycles. The quantitative estimate of drug-likeness (QED) is 0.754. The number of carboxylic acid groups (broad SMARTS) is 1. The first-order valence-corrected chi connectivity index (χ1v) is 6.29. The average Bonchev–Trinajstić information content (AvgIpc) is 2.18. The Morgan fingerprint density at radius 3 is 2.81 bits per heavy atom. The highest BCUT2D eigenvalue weighted by atomic mass is 32.2. The maximum absolute atomic E-state index is 12.0. The average molecular weight is 241 g/mol. The Morgan fingerprint density at radius 2 is 2.19 bits per heavy atom. The summed E-state index contributed by atoms with van der Waals surface area (Å²) in [6.07, 6.45) is 0. The fourth-order valence-corrected chi connectivity index (χ4v) is 3.37. The van der Waals surface area contributed by atoms with Gasteiger partial charge in [0.1, 0.15) is 0 Å². The number of carboxylic acids is 1. The van der Waals surface area contributed by atoms with Crippen molar-refractivity contribution < 1.29 is 18.3 Å². The maximum Gasteiger partial charge on any atom is 0.324 e. The smallest absolute Gasteiger partial charge is 0.324 e. The van der Waals surface area contributed by atoms with Gasteiger partial charge in [-0.2, -0.15) is 0 Å². The number of fused-ring (bicyclic) bond motifs is 1. The molecule has 5 nitrogen and oxygen atoms in total. The van der Waals surface area contributed by atoms with E-state index in [9.17, 15) is 13.2 Å². The number of sulfone groups is 1. The van der Waals surface area contributed by atoms with Crippen molar-refractivity contribution in [2.24, 2.45) is 0 Å². The first-order chi connectivity index (χ1) is 7.43. The normalized spacial score (nSPS) is 21.9. The molecule has 0 bridgehead atoms. The lowest BCUT2D eigenvalue weighted by Crippen LogP contribution is -2.40. The first-order valence-electron chi connectivity index (χ1n) is 4.74. The highest BCUT2D eigenvalue weighted by Gasteiger charge is 2.38. The predicted molar refractivity (Wildman–Crippen MR) is 58.3 cm³/mol. The topological polar surface area (TPSA) is 83.5 Å². The van der Waals surface area contributed by atoms with Crippen LogP contribution in [-0.2, 0) is 14.6 Å². The van der Waals surface area contributed by atoms with E-state index >= 15 is 0 Å². The lowest BCUT2D eigenvalue weighted by atomic mass is 10.2. The number of aryl methyl sites for hydroxylation is 1. The molecule has 6 heteroatoms. The summed E-state index contributed by atoms with van der Waals surface area (Å²) in [6.45, 7) is 1.67. The number of hydrogen-bond acceptors (Lipinski definition) is 4. The van der Waals surface area contributed by atoms with Gasteiger partial charge in [-0.05, 0) is 24.6 Å². The molecule has 86 valence electrons. The minimum Gasteiger partial charge on any atom is -0.480 e. The third-order valence-electron chi connectivity index (χ3n) is 2.57. The fourth-order valence-electron chi connectivity index (χ4n) is 1.70. The molecule has 0 saturated carbocycles. The highest BCUT2D eigenvalue weighted by molar-refractivity contribution is 7.93. The van der Waals surface area contributed by atoms with Crippen LogP contribution in [0.25, 0.3) is 0 Å². The summed E-state index contributed by atoms with van der Waals surface area (Å²) < 4.78 is 24.0. The lowest BCUT2D eigenvalue weighted by Gasteiger charge is -2.23. The van der Waals surface area contributed by atoms with E-state index in [1.54, 1.807) is 19.1 Å². The van der Waals surface area contributed by atoms with E-state index in [1.807, 2.05) is 0 Å². The molecule has 0 spiro atoms. The Hall–Kier alpha value is -1.56. The predicted octanol–water partition coefficient (Wildman–Crippen LogP) is 0.647. The summed E-state index contributed by atoms with van der Waals surface area (Å²) in [5, 5.41) is 10.3. The van der Waals surface area contributed by atoms with E-state index in [-0.39, 0.29) is 11.4 Å². The van der Waals surface area contributed by atoms with Crippen molar-refractivity contribution in [3.63, 3.8) is 0 Å². The van der Waals surface area contributed by atoms with E-state index in [0.717, 1.165) is 5.56 Å². The van der Waals surface area contributed by atoms with Crippen LogP contribution < -0.4 is 5.32 Å². The molecule has 0 saturated heterocycles. The lowest BCUT2D eigenvalue weighted by molar-refractivity contribution is -0.136. The minimum atomic E-state index is -3.77. The SMILES string of the molecule is Cc1ccc2c(c1)S(=O)(=O)C(C(=O)O)CN2. The molecule has 0 fully saturated rings. The van der Waals surface area contributed by atoms with E-state index in [4.69, 9.17) is 5.11 Å². The van der Waals surface area contributed by atoms with Gasteiger partial charge in [0.25, 0.3) is 0 Å². The van der Waals surface area contributed by atoms with Gasteiger partial charge in [0.15, 0.2) is 15.1 Å². The number of anilines is 1. The van der Waals surface area contributed by atoms with Crippen LogP contribution in [0.1, 0.15) is 5.56 Å². The summed E-state index contributed by atoms with van der Waals surface area (Å²) in [5.74, 6) is -1.32. The van der Waals surface area contributed by atoms with Crippen LogP contribution in [0.15, 0.2) is 23.1 Å². The Balaban J connectivity index is 2.62. The molecular weight excluding hydrogens is 230 g/mol. The zero-order chi connectivity index (χ0) is 11.9. The number of rotatable bonds is 1. The van der Waals surface area contributed by atoms with Gasteiger partial charge in [0.05, 0.1) is 10.6 Å². The molecule has 1 atom stereocenters. The molecule has 1 aliphatic rings. The largest absolute Gasteiger partial charge is 0.480 e. The van der Waals surface area contributed by atoms with Gasteiger partial charge in [-0.25, -0.2) is 8.42 Å². The van der Waals surface area contributed by atoms with Crippen LogP contribution in [0.3, 0.4) is 0 Å². The van der Waals surface area contributed by atoms with E-state index < -0.39 is 21.1 Å². The van der Waals surface area contributed by atoms with Gasteiger partial charge in [-0.1, -0.05) is 6.07 Å². The van der Waals surface area contributed by atoms with Crippen LogP contribution >= 0.6 is 0 Å². The zero-order valence-corrected chi connectivity index (χ0v) is 9.41. The molecule has 1 aromatic rings. The third-order valence-corrected chi connectivity index (χ3v) is 4.64. The Bertz CT molecular complexity index is 550. The second-order valence-electron chi connectivity index (χ2n) is 3.75. The summed E-state index contributed by atoms with van der Waals surface area (Å²) >= 11 is 0. The summed E-state index contributed by atoms with van der Waals surface area (Å²) in [5.41, 5.74) is 1.26. The molecule has 1 unspecified atom stereocenters. The number of aliphatic carboxylic acids is 1. The van der Waals surface area contributed by atoms with Gasteiger partial charge in [0.2, 0.25) is 0 Å². The van der Waals surface area contributed by atoms with Gasteiger partial charge in [0, 0.05) is 6.54 Å². The highest BCUT2D eigenvalue weighted by Crippen LogP contribution is 2.30. The summed E-state index contributed by atoms with van der Waals surface area (Å²) in [4.78, 5) is 10.9. The number of benzene rings is 1. The molecule has 2 rings (SSSR count). The monoisotopic (exact) mass is 241 g/mol. The molecule has 2 N–H and O–H groups in total. The van der Waals surface area contributed by atoms with Crippen LogP contribution in [0, 0.1) is 6.92 Å². The maximum atomic E-state index is 12.0. The number of nitrogens with one attached hydrogen (secondary N) is 1. The first kappa shape index (κ1) is 10.9. The fraction of sp³-hybridized carbons (Fsp3) is 0.300. The van der Waals surface area contributed by atoms with Crippen molar-refractivity contribution in [1.82, 2.24) is 0 Å². The zero-order valence-electron chi connectivity index (χ0n) is 8.60.